The van der Waals surface area contributed by atoms with Gasteiger partial charge in [-0.05, 0) is 39.0 Å². The molecule has 2 rings (SSSR count). The number of ether oxygens (including phenoxy) is 1. The molecular formula is C17H23N3O. The van der Waals surface area contributed by atoms with E-state index in [9.17, 15) is 0 Å². The van der Waals surface area contributed by atoms with E-state index in [1.54, 1.807) is 0 Å². The van der Waals surface area contributed by atoms with Gasteiger partial charge in [-0.1, -0.05) is 6.07 Å². The summed E-state index contributed by atoms with van der Waals surface area (Å²) in [5.41, 5.74) is 8.80. The van der Waals surface area contributed by atoms with Crippen molar-refractivity contribution in [3.63, 3.8) is 0 Å². The first-order valence-corrected chi connectivity index (χ1v) is 7.30. The Hall–Kier alpha value is -2.23. The van der Waals surface area contributed by atoms with E-state index in [0.29, 0.717) is 5.69 Å². The molecular weight excluding hydrogens is 262 g/mol. The summed E-state index contributed by atoms with van der Waals surface area (Å²) in [6.45, 7) is 7.76. The van der Waals surface area contributed by atoms with E-state index in [2.05, 4.69) is 16.8 Å². The third-order valence-electron chi connectivity index (χ3n) is 3.11. The predicted molar refractivity (Wildman–Crippen MR) is 87.6 cm³/mol. The summed E-state index contributed by atoms with van der Waals surface area (Å²) in [7, 11) is 0. The Bertz CT molecular complexity index is 570. The zero-order chi connectivity index (χ0) is 15.2. The molecule has 1 aromatic heterocycles. The molecule has 2 N–H and O–H groups in total. The van der Waals surface area contributed by atoms with Crippen molar-refractivity contribution in [2.24, 2.45) is 0 Å². The van der Waals surface area contributed by atoms with Crippen LogP contribution < -0.4 is 15.4 Å². The fourth-order valence-corrected chi connectivity index (χ4v) is 2.20. The van der Waals surface area contributed by atoms with Crippen molar-refractivity contribution < 1.29 is 4.74 Å². The molecule has 2 aromatic rings. The lowest BCUT2D eigenvalue weighted by atomic mass is 10.2. The number of hydrogen-bond donors (Lipinski definition) is 1. The van der Waals surface area contributed by atoms with Crippen molar-refractivity contribution in [2.45, 2.75) is 33.4 Å². The molecule has 0 fully saturated rings. The molecule has 1 aromatic carbocycles. The number of rotatable bonds is 6. The number of nitrogens with two attached hydrogens (primary N) is 1. The van der Waals surface area contributed by atoms with Crippen LogP contribution in [0.1, 0.15) is 26.5 Å². The first-order valence-electron chi connectivity index (χ1n) is 7.30. The van der Waals surface area contributed by atoms with E-state index in [0.717, 1.165) is 30.2 Å². The van der Waals surface area contributed by atoms with Crippen LogP contribution in [-0.2, 0) is 6.54 Å². The number of nitrogens with zero attached hydrogens (tertiary/aromatic N) is 2. The van der Waals surface area contributed by atoms with Crippen LogP contribution in [0.3, 0.4) is 0 Å². The van der Waals surface area contributed by atoms with Gasteiger partial charge < -0.3 is 15.4 Å². The van der Waals surface area contributed by atoms with E-state index in [1.165, 1.54) is 0 Å². The normalized spacial score (nSPS) is 10.7. The topological polar surface area (TPSA) is 51.4 Å². The predicted octanol–water partition coefficient (Wildman–Crippen LogP) is 3.48. The summed E-state index contributed by atoms with van der Waals surface area (Å²) in [6.07, 6.45) is 1.95. The Labute approximate surface area is 126 Å². The number of benzene rings is 1. The largest absolute Gasteiger partial charge is 0.491 e. The van der Waals surface area contributed by atoms with Crippen LogP contribution in [0, 0.1) is 0 Å². The number of aromatic nitrogens is 1. The summed E-state index contributed by atoms with van der Waals surface area (Å²) in [5.74, 6) is 0.805. The first kappa shape index (κ1) is 15.2. The number of pyridine rings is 1. The monoisotopic (exact) mass is 285 g/mol. The summed E-state index contributed by atoms with van der Waals surface area (Å²) < 4.78 is 5.76. The number of hydrogen-bond acceptors (Lipinski definition) is 4. The Kier molecular flexibility index (Phi) is 5.04. The van der Waals surface area contributed by atoms with Gasteiger partial charge in [0, 0.05) is 36.2 Å². The average molecular weight is 285 g/mol. The molecule has 1 heterocycles. The lowest BCUT2D eigenvalue weighted by Gasteiger charge is -2.24. The fourth-order valence-electron chi connectivity index (χ4n) is 2.20. The van der Waals surface area contributed by atoms with E-state index in [4.69, 9.17) is 10.5 Å². The van der Waals surface area contributed by atoms with Crippen molar-refractivity contribution in [1.82, 2.24) is 4.98 Å². The molecule has 0 aliphatic rings. The van der Waals surface area contributed by atoms with Crippen molar-refractivity contribution in [3.05, 3.63) is 48.3 Å². The maximum Gasteiger partial charge on any atom is 0.123 e. The van der Waals surface area contributed by atoms with Gasteiger partial charge >= 0.3 is 0 Å². The first-order chi connectivity index (χ1) is 10.1. The highest BCUT2D eigenvalue weighted by atomic mass is 16.5. The Morgan fingerprint density at radius 2 is 2.05 bits per heavy atom. The van der Waals surface area contributed by atoms with Gasteiger partial charge in [0.2, 0.25) is 0 Å². The van der Waals surface area contributed by atoms with Gasteiger partial charge in [0.25, 0.3) is 0 Å². The van der Waals surface area contributed by atoms with Crippen molar-refractivity contribution in [2.75, 3.05) is 17.2 Å². The van der Waals surface area contributed by atoms with Gasteiger partial charge in [-0.15, -0.1) is 0 Å². The van der Waals surface area contributed by atoms with Gasteiger partial charge in [-0.25, -0.2) is 0 Å². The zero-order valence-corrected chi connectivity index (χ0v) is 12.9. The SMILES string of the molecule is CCN(Cc1ccccn1)c1cc(N)cc(OC(C)C)c1. The molecule has 4 heteroatoms. The second kappa shape index (κ2) is 6.97. The molecule has 0 aliphatic carbocycles. The highest BCUT2D eigenvalue weighted by Crippen LogP contribution is 2.27. The molecule has 112 valence electrons. The van der Waals surface area contributed by atoms with E-state index >= 15 is 0 Å². The van der Waals surface area contributed by atoms with Gasteiger partial charge in [-0.2, -0.15) is 0 Å². The highest BCUT2D eigenvalue weighted by Gasteiger charge is 2.09. The van der Waals surface area contributed by atoms with Crippen LogP contribution in [0.5, 0.6) is 5.75 Å². The minimum atomic E-state index is 0.130. The molecule has 0 spiro atoms. The second-order valence-corrected chi connectivity index (χ2v) is 5.26. The number of anilines is 2. The van der Waals surface area contributed by atoms with Crippen molar-refractivity contribution in [3.8, 4) is 5.75 Å². The van der Waals surface area contributed by atoms with Gasteiger partial charge in [0.15, 0.2) is 0 Å². The van der Waals surface area contributed by atoms with E-state index in [-0.39, 0.29) is 6.10 Å². The Balaban J connectivity index is 2.23. The molecule has 0 unspecified atom stereocenters. The van der Waals surface area contributed by atoms with Crippen LogP contribution in [0.25, 0.3) is 0 Å². The number of nitrogen functional groups attached to an aromatic ring is 1. The van der Waals surface area contributed by atoms with Crippen LogP contribution >= 0.6 is 0 Å². The zero-order valence-electron chi connectivity index (χ0n) is 12.9. The lowest BCUT2D eigenvalue weighted by molar-refractivity contribution is 0.242. The molecule has 21 heavy (non-hydrogen) atoms. The molecule has 0 saturated heterocycles. The van der Waals surface area contributed by atoms with Gasteiger partial charge in [0.1, 0.15) is 5.75 Å². The maximum atomic E-state index is 6.00. The Morgan fingerprint density at radius 3 is 2.67 bits per heavy atom. The Morgan fingerprint density at radius 1 is 1.24 bits per heavy atom. The van der Waals surface area contributed by atoms with Crippen molar-refractivity contribution >= 4 is 11.4 Å². The highest BCUT2D eigenvalue weighted by molar-refractivity contribution is 5.60. The molecule has 0 saturated carbocycles. The average Bonchev–Trinajstić information content (AvgIpc) is 2.44. The van der Waals surface area contributed by atoms with Gasteiger partial charge in [-0.3, -0.25) is 4.98 Å². The standard InChI is InChI=1S/C17H23N3O/c1-4-20(12-15-7-5-6-8-19-15)16-9-14(18)10-17(11-16)21-13(2)3/h5-11,13H,4,12,18H2,1-3H3. The molecule has 0 radical (unpaired) electrons. The quantitative estimate of drug-likeness (QED) is 0.826. The van der Waals surface area contributed by atoms with Crippen LogP contribution in [-0.4, -0.2) is 17.6 Å². The third-order valence-corrected chi connectivity index (χ3v) is 3.11. The summed E-state index contributed by atoms with van der Waals surface area (Å²) in [4.78, 5) is 6.61. The minimum absolute atomic E-state index is 0.130. The molecule has 4 nitrogen and oxygen atoms in total. The fraction of sp³-hybridized carbons (Fsp3) is 0.353. The second-order valence-electron chi connectivity index (χ2n) is 5.26. The molecule has 0 atom stereocenters. The van der Waals surface area contributed by atoms with Crippen LogP contribution in [0.15, 0.2) is 42.6 Å². The van der Waals surface area contributed by atoms with Gasteiger partial charge in [0.05, 0.1) is 18.3 Å². The molecule has 0 aliphatic heterocycles. The maximum absolute atomic E-state index is 6.00. The molecule has 0 bridgehead atoms. The van der Waals surface area contributed by atoms with E-state index in [1.807, 2.05) is 56.4 Å². The van der Waals surface area contributed by atoms with Crippen LogP contribution in [0.4, 0.5) is 11.4 Å². The van der Waals surface area contributed by atoms with E-state index < -0.39 is 0 Å². The third kappa shape index (κ3) is 4.38. The summed E-state index contributed by atoms with van der Waals surface area (Å²) in [6, 6.07) is 11.8. The lowest BCUT2D eigenvalue weighted by Crippen LogP contribution is -2.22. The van der Waals surface area contributed by atoms with Crippen LogP contribution in [0.2, 0.25) is 0 Å². The van der Waals surface area contributed by atoms with Crippen molar-refractivity contribution in [1.29, 1.82) is 0 Å². The molecule has 0 amide bonds. The summed E-state index contributed by atoms with van der Waals surface area (Å²) in [5, 5.41) is 0. The minimum Gasteiger partial charge on any atom is -0.491 e. The smallest absolute Gasteiger partial charge is 0.123 e. The summed E-state index contributed by atoms with van der Waals surface area (Å²) >= 11 is 0.